The molecule has 0 heterocycles. The van der Waals surface area contributed by atoms with Crippen LogP contribution in [0.4, 0.5) is 13.2 Å². The molecule has 0 amide bonds. The highest BCUT2D eigenvalue weighted by molar-refractivity contribution is 7.87. The number of alkyl halides is 3. The summed E-state index contributed by atoms with van der Waals surface area (Å²) in [6.07, 6.45) is -3.82. The van der Waals surface area contributed by atoms with Crippen LogP contribution in [0.25, 0.3) is 0 Å². The Morgan fingerprint density at radius 2 is 1.78 bits per heavy atom. The van der Waals surface area contributed by atoms with E-state index in [4.69, 9.17) is 5.14 Å². The lowest BCUT2D eigenvalue weighted by atomic mass is 10.1. The summed E-state index contributed by atoms with van der Waals surface area (Å²) in [5.74, 6) is -0.106. The third-order valence-corrected chi connectivity index (χ3v) is 3.40. The summed E-state index contributed by atoms with van der Waals surface area (Å²) >= 11 is 0. The first-order valence-corrected chi connectivity index (χ1v) is 6.68. The van der Waals surface area contributed by atoms with Gasteiger partial charge in [0.05, 0.1) is 5.56 Å². The summed E-state index contributed by atoms with van der Waals surface area (Å²) in [5.41, 5.74) is -0.0491. The van der Waals surface area contributed by atoms with Crippen molar-refractivity contribution in [1.82, 2.24) is 4.72 Å². The molecule has 1 aliphatic carbocycles. The molecule has 0 aromatic heterocycles. The largest absolute Gasteiger partial charge is 0.416 e. The van der Waals surface area contributed by atoms with Gasteiger partial charge in [0.1, 0.15) is 0 Å². The first-order valence-electron chi connectivity index (χ1n) is 5.14. The van der Waals surface area contributed by atoms with Crippen molar-refractivity contribution in [2.45, 2.75) is 24.6 Å². The molecule has 3 N–H and O–H groups in total. The molecule has 0 aliphatic heterocycles. The monoisotopic (exact) mass is 280 g/mol. The Morgan fingerprint density at radius 3 is 2.22 bits per heavy atom. The predicted octanol–water partition coefficient (Wildman–Crippen LogP) is 1.35. The Morgan fingerprint density at radius 1 is 1.22 bits per heavy atom. The fraction of sp³-hybridized carbons (Fsp3) is 0.400. The van der Waals surface area contributed by atoms with Gasteiger partial charge in [-0.1, -0.05) is 12.1 Å². The fourth-order valence-corrected chi connectivity index (χ4v) is 2.51. The SMILES string of the molecule is NS(=O)(=O)N[C@@H]1C[C@H]1c1ccc(C(F)(F)F)cc1. The van der Waals surface area contributed by atoms with Crippen LogP contribution in [0.5, 0.6) is 0 Å². The van der Waals surface area contributed by atoms with E-state index in [0.29, 0.717) is 12.0 Å². The fourth-order valence-electron chi connectivity index (χ4n) is 1.82. The lowest BCUT2D eigenvalue weighted by molar-refractivity contribution is -0.137. The minimum atomic E-state index is -4.36. The molecule has 0 saturated heterocycles. The highest BCUT2D eigenvalue weighted by atomic mass is 32.2. The average Bonchev–Trinajstić information content (AvgIpc) is 2.93. The van der Waals surface area contributed by atoms with Crippen LogP contribution >= 0.6 is 0 Å². The summed E-state index contributed by atoms with van der Waals surface area (Å²) < 4.78 is 60.7. The van der Waals surface area contributed by atoms with Crippen LogP contribution in [0.1, 0.15) is 23.5 Å². The van der Waals surface area contributed by atoms with E-state index in [9.17, 15) is 21.6 Å². The lowest BCUT2D eigenvalue weighted by Gasteiger charge is -2.07. The first-order chi connectivity index (χ1) is 8.17. The molecule has 0 radical (unpaired) electrons. The molecule has 100 valence electrons. The van der Waals surface area contributed by atoms with Gasteiger partial charge in [0, 0.05) is 12.0 Å². The van der Waals surface area contributed by atoms with Crippen LogP contribution in [0, 0.1) is 0 Å². The van der Waals surface area contributed by atoms with Gasteiger partial charge < -0.3 is 0 Å². The van der Waals surface area contributed by atoms with Crippen LogP contribution < -0.4 is 9.86 Å². The number of halogens is 3. The maximum Gasteiger partial charge on any atom is 0.416 e. The molecule has 1 saturated carbocycles. The normalized spacial score (nSPS) is 24.0. The molecule has 2 atom stereocenters. The molecule has 0 spiro atoms. The maximum absolute atomic E-state index is 12.3. The summed E-state index contributed by atoms with van der Waals surface area (Å²) in [5, 5.41) is 4.81. The zero-order valence-electron chi connectivity index (χ0n) is 9.11. The van der Waals surface area contributed by atoms with Crippen LogP contribution in [-0.4, -0.2) is 14.5 Å². The van der Waals surface area contributed by atoms with Crippen LogP contribution in [0.15, 0.2) is 24.3 Å². The molecule has 1 fully saturated rings. The maximum atomic E-state index is 12.3. The Balaban J connectivity index is 2.05. The summed E-state index contributed by atoms with van der Waals surface area (Å²) in [4.78, 5) is 0. The number of hydrogen-bond donors (Lipinski definition) is 2. The predicted molar refractivity (Wildman–Crippen MR) is 58.8 cm³/mol. The van der Waals surface area contributed by atoms with Gasteiger partial charge in [-0.15, -0.1) is 0 Å². The van der Waals surface area contributed by atoms with Gasteiger partial charge in [-0.3, -0.25) is 0 Å². The Bertz CT molecular complexity index is 539. The average molecular weight is 280 g/mol. The topological polar surface area (TPSA) is 72.2 Å². The van der Waals surface area contributed by atoms with E-state index < -0.39 is 21.9 Å². The third-order valence-electron chi connectivity index (χ3n) is 2.77. The molecule has 8 heteroatoms. The number of nitrogens with two attached hydrogens (primary N) is 1. The molecule has 18 heavy (non-hydrogen) atoms. The van der Waals surface area contributed by atoms with Crippen molar-refractivity contribution >= 4 is 10.2 Å². The van der Waals surface area contributed by atoms with E-state index in [1.807, 2.05) is 0 Å². The minimum Gasteiger partial charge on any atom is -0.216 e. The molecule has 0 bridgehead atoms. The van der Waals surface area contributed by atoms with Crippen molar-refractivity contribution in [1.29, 1.82) is 0 Å². The van der Waals surface area contributed by atoms with E-state index in [1.165, 1.54) is 12.1 Å². The van der Waals surface area contributed by atoms with Gasteiger partial charge in [-0.05, 0) is 24.1 Å². The molecule has 4 nitrogen and oxygen atoms in total. The smallest absolute Gasteiger partial charge is 0.216 e. The van der Waals surface area contributed by atoms with Gasteiger partial charge in [-0.25, -0.2) is 5.14 Å². The van der Waals surface area contributed by atoms with Crippen molar-refractivity contribution in [2.75, 3.05) is 0 Å². The molecule has 0 unspecified atom stereocenters. The summed E-state index contributed by atoms with van der Waals surface area (Å²) in [7, 11) is -3.76. The second-order valence-corrected chi connectivity index (χ2v) is 5.56. The zero-order chi connectivity index (χ0) is 13.6. The lowest BCUT2D eigenvalue weighted by Crippen LogP contribution is -2.33. The highest BCUT2D eigenvalue weighted by Gasteiger charge is 2.40. The van der Waals surface area contributed by atoms with Gasteiger partial charge in [0.25, 0.3) is 10.2 Å². The quantitative estimate of drug-likeness (QED) is 0.877. The van der Waals surface area contributed by atoms with E-state index in [-0.39, 0.29) is 12.0 Å². The number of benzene rings is 1. The zero-order valence-corrected chi connectivity index (χ0v) is 9.92. The van der Waals surface area contributed by atoms with Gasteiger partial charge in [-0.2, -0.15) is 26.3 Å². The third kappa shape index (κ3) is 3.21. The highest BCUT2D eigenvalue weighted by Crippen LogP contribution is 2.41. The Labute approximate surface area is 102 Å². The standard InChI is InChI=1S/C10H11F3N2O2S/c11-10(12,13)7-3-1-6(2-4-7)8-5-9(8)15-18(14,16)17/h1-4,8-9,15H,5H2,(H2,14,16,17)/t8-,9+/m0/s1. The van der Waals surface area contributed by atoms with Crippen molar-refractivity contribution < 1.29 is 21.6 Å². The Kier molecular flexibility index (Phi) is 3.12. The molecule has 1 aromatic rings. The van der Waals surface area contributed by atoms with Gasteiger partial charge in [0.2, 0.25) is 0 Å². The molecule has 1 aliphatic rings. The molecular formula is C10H11F3N2O2S. The van der Waals surface area contributed by atoms with Gasteiger partial charge >= 0.3 is 6.18 Å². The minimum absolute atomic E-state index is 0.106. The molecule has 1 aromatic carbocycles. The summed E-state index contributed by atoms with van der Waals surface area (Å²) in [6, 6.07) is 4.37. The van der Waals surface area contributed by atoms with E-state index in [1.54, 1.807) is 0 Å². The van der Waals surface area contributed by atoms with Crippen molar-refractivity contribution in [3.8, 4) is 0 Å². The second-order valence-electron chi connectivity index (χ2n) is 4.23. The van der Waals surface area contributed by atoms with E-state index in [0.717, 1.165) is 12.1 Å². The van der Waals surface area contributed by atoms with E-state index >= 15 is 0 Å². The summed E-state index contributed by atoms with van der Waals surface area (Å²) in [6.45, 7) is 0. The number of rotatable bonds is 3. The Hall–Kier alpha value is -1.12. The number of hydrogen-bond acceptors (Lipinski definition) is 2. The van der Waals surface area contributed by atoms with Crippen molar-refractivity contribution in [3.63, 3.8) is 0 Å². The van der Waals surface area contributed by atoms with E-state index in [2.05, 4.69) is 4.72 Å². The number of nitrogens with one attached hydrogen (secondary N) is 1. The first kappa shape index (κ1) is 13.3. The van der Waals surface area contributed by atoms with Crippen LogP contribution in [0.3, 0.4) is 0 Å². The molecule has 2 rings (SSSR count). The van der Waals surface area contributed by atoms with Crippen LogP contribution in [-0.2, 0) is 16.4 Å². The molecular weight excluding hydrogens is 269 g/mol. The van der Waals surface area contributed by atoms with Crippen molar-refractivity contribution in [2.24, 2.45) is 5.14 Å². The van der Waals surface area contributed by atoms with Crippen molar-refractivity contribution in [3.05, 3.63) is 35.4 Å². The second kappa shape index (κ2) is 4.22. The van der Waals surface area contributed by atoms with Crippen LogP contribution in [0.2, 0.25) is 0 Å². The van der Waals surface area contributed by atoms with Gasteiger partial charge in [0.15, 0.2) is 0 Å².